The second-order valence-electron chi connectivity index (χ2n) is 5.15. The molecule has 0 fully saturated rings. The van der Waals surface area contributed by atoms with Crippen LogP contribution in [0.2, 0.25) is 5.02 Å². The van der Waals surface area contributed by atoms with Crippen LogP contribution in [0.4, 0.5) is 0 Å². The van der Waals surface area contributed by atoms with Crippen molar-refractivity contribution in [2.75, 3.05) is 7.05 Å². The molecule has 0 radical (unpaired) electrons. The Labute approximate surface area is 126 Å². The van der Waals surface area contributed by atoms with E-state index in [1.807, 2.05) is 14.0 Å². The standard InChI is InChI=1S/C17H21ClN2/c1-11-5-4-6-13(7-11)17(20-3)14-8-12(2)16(18)15(9-14)10-19/h4-9,17,20H,10,19H2,1-3H3. The van der Waals surface area contributed by atoms with Gasteiger partial charge in [0.25, 0.3) is 0 Å². The lowest BCUT2D eigenvalue weighted by molar-refractivity contribution is 0.689. The largest absolute Gasteiger partial charge is 0.326 e. The molecule has 0 bridgehead atoms. The predicted molar refractivity (Wildman–Crippen MR) is 86.2 cm³/mol. The van der Waals surface area contributed by atoms with Crippen molar-refractivity contribution < 1.29 is 0 Å². The summed E-state index contributed by atoms with van der Waals surface area (Å²) in [5, 5.41) is 4.15. The quantitative estimate of drug-likeness (QED) is 0.900. The van der Waals surface area contributed by atoms with Crippen LogP contribution >= 0.6 is 11.6 Å². The second-order valence-corrected chi connectivity index (χ2v) is 5.53. The summed E-state index contributed by atoms with van der Waals surface area (Å²) < 4.78 is 0. The Morgan fingerprint density at radius 2 is 1.90 bits per heavy atom. The lowest BCUT2D eigenvalue weighted by atomic mass is 9.94. The summed E-state index contributed by atoms with van der Waals surface area (Å²) in [6, 6.07) is 12.9. The van der Waals surface area contributed by atoms with E-state index in [1.54, 1.807) is 0 Å². The Balaban J connectivity index is 2.49. The molecule has 0 saturated carbocycles. The molecule has 0 amide bonds. The highest BCUT2D eigenvalue weighted by molar-refractivity contribution is 6.32. The number of rotatable bonds is 4. The van der Waals surface area contributed by atoms with Gasteiger partial charge >= 0.3 is 0 Å². The third-order valence-corrected chi connectivity index (χ3v) is 4.11. The molecule has 1 atom stereocenters. The van der Waals surface area contributed by atoms with Crippen LogP contribution in [0.1, 0.15) is 33.9 Å². The Morgan fingerprint density at radius 3 is 2.50 bits per heavy atom. The van der Waals surface area contributed by atoms with Crippen molar-refractivity contribution in [3.8, 4) is 0 Å². The minimum atomic E-state index is 0.149. The number of halogens is 1. The third kappa shape index (κ3) is 3.04. The van der Waals surface area contributed by atoms with E-state index in [0.717, 1.165) is 16.1 Å². The van der Waals surface area contributed by atoms with Gasteiger partial charge in [-0.2, -0.15) is 0 Å². The Hall–Kier alpha value is -1.35. The number of nitrogens with two attached hydrogens (primary N) is 1. The van der Waals surface area contributed by atoms with Crippen LogP contribution in [0.5, 0.6) is 0 Å². The molecule has 2 rings (SSSR count). The van der Waals surface area contributed by atoms with Gasteiger partial charge < -0.3 is 11.1 Å². The van der Waals surface area contributed by atoms with Gasteiger partial charge in [-0.3, -0.25) is 0 Å². The first-order valence-electron chi connectivity index (χ1n) is 6.79. The van der Waals surface area contributed by atoms with Gasteiger partial charge in [-0.15, -0.1) is 0 Å². The molecular formula is C17H21ClN2. The maximum absolute atomic E-state index is 6.28. The molecule has 0 aliphatic rings. The summed E-state index contributed by atoms with van der Waals surface area (Å²) in [6.45, 7) is 4.58. The third-order valence-electron chi connectivity index (χ3n) is 3.57. The molecule has 0 aliphatic heterocycles. The number of aryl methyl sites for hydroxylation is 2. The van der Waals surface area contributed by atoms with Crippen LogP contribution in [-0.4, -0.2) is 7.05 Å². The van der Waals surface area contributed by atoms with Gasteiger partial charge in [-0.1, -0.05) is 53.6 Å². The summed E-state index contributed by atoms with van der Waals surface area (Å²) >= 11 is 6.28. The van der Waals surface area contributed by atoms with E-state index in [9.17, 15) is 0 Å². The Morgan fingerprint density at radius 1 is 1.15 bits per heavy atom. The number of nitrogens with one attached hydrogen (secondary N) is 1. The molecule has 2 nitrogen and oxygen atoms in total. The molecule has 2 aromatic rings. The van der Waals surface area contributed by atoms with Crippen LogP contribution in [0.3, 0.4) is 0 Å². The van der Waals surface area contributed by atoms with E-state index in [0.29, 0.717) is 6.54 Å². The van der Waals surface area contributed by atoms with Gasteiger partial charge in [0.1, 0.15) is 0 Å². The average molecular weight is 289 g/mol. The number of hydrogen-bond acceptors (Lipinski definition) is 2. The minimum absolute atomic E-state index is 0.149. The van der Waals surface area contributed by atoms with Crippen molar-refractivity contribution in [1.82, 2.24) is 5.32 Å². The fourth-order valence-corrected chi connectivity index (χ4v) is 2.75. The molecule has 1 unspecified atom stereocenters. The second kappa shape index (κ2) is 6.40. The summed E-state index contributed by atoms with van der Waals surface area (Å²) in [7, 11) is 1.97. The van der Waals surface area contributed by atoms with E-state index >= 15 is 0 Å². The van der Waals surface area contributed by atoms with Crippen LogP contribution < -0.4 is 11.1 Å². The fourth-order valence-electron chi connectivity index (χ4n) is 2.56. The highest BCUT2D eigenvalue weighted by Gasteiger charge is 2.15. The number of hydrogen-bond donors (Lipinski definition) is 2. The van der Waals surface area contributed by atoms with Crippen LogP contribution in [0.25, 0.3) is 0 Å². The van der Waals surface area contributed by atoms with E-state index in [4.69, 9.17) is 17.3 Å². The molecule has 106 valence electrons. The molecule has 2 aromatic carbocycles. The summed E-state index contributed by atoms with van der Waals surface area (Å²) in [5.41, 5.74) is 11.5. The highest BCUT2D eigenvalue weighted by atomic mass is 35.5. The average Bonchev–Trinajstić information content (AvgIpc) is 2.43. The van der Waals surface area contributed by atoms with Crippen molar-refractivity contribution in [1.29, 1.82) is 0 Å². The smallest absolute Gasteiger partial charge is 0.0574 e. The van der Waals surface area contributed by atoms with Crippen molar-refractivity contribution in [3.63, 3.8) is 0 Å². The van der Waals surface area contributed by atoms with Gasteiger partial charge in [-0.05, 0) is 43.1 Å². The molecule has 0 aliphatic carbocycles. The monoisotopic (exact) mass is 288 g/mol. The summed E-state index contributed by atoms with van der Waals surface area (Å²) in [4.78, 5) is 0. The predicted octanol–water partition coefficient (Wildman–Crippen LogP) is 3.72. The van der Waals surface area contributed by atoms with Gasteiger partial charge in [0.2, 0.25) is 0 Å². The first kappa shape index (κ1) is 15.0. The summed E-state index contributed by atoms with van der Waals surface area (Å²) in [5.74, 6) is 0. The van der Waals surface area contributed by atoms with Crippen molar-refractivity contribution in [2.45, 2.75) is 26.4 Å². The molecule has 20 heavy (non-hydrogen) atoms. The maximum Gasteiger partial charge on any atom is 0.0574 e. The Kier molecular flexibility index (Phi) is 4.81. The molecular weight excluding hydrogens is 268 g/mol. The zero-order valence-electron chi connectivity index (χ0n) is 12.2. The fraction of sp³-hybridized carbons (Fsp3) is 0.294. The first-order valence-corrected chi connectivity index (χ1v) is 7.17. The minimum Gasteiger partial charge on any atom is -0.326 e. The summed E-state index contributed by atoms with van der Waals surface area (Å²) in [6.07, 6.45) is 0. The van der Waals surface area contributed by atoms with Gasteiger partial charge in [-0.25, -0.2) is 0 Å². The highest BCUT2D eigenvalue weighted by Crippen LogP contribution is 2.29. The van der Waals surface area contributed by atoms with Crippen molar-refractivity contribution in [2.24, 2.45) is 5.73 Å². The molecule has 0 spiro atoms. The van der Waals surface area contributed by atoms with Crippen LogP contribution in [0.15, 0.2) is 36.4 Å². The molecule has 0 aromatic heterocycles. The van der Waals surface area contributed by atoms with Crippen LogP contribution in [0, 0.1) is 13.8 Å². The van der Waals surface area contributed by atoms with Crippen molar-refractivity contribution >= 4 is 11.6 Å². The van der Waals surface area contributed by atoms with Crippen molar-refractivity contribution in [3.05, 3.63) is 69.2 Å². The van der Waals surface area contributed by atoms with Gasteiger partial charge in [0.05, 0.1) is 6.04 Å². The van der Waals surface area contributed by atoms with Gasteiger partial charge in [0, 0.05) is 11.6 Å². The molecule has 3 heteroatoms. The first-order chi connectivity index (χ1) is 9.56. The molecule has 0 heterocycles. The normalized spacial score (nSPS) is 12.4. The zero-order valence-corrected chi connectivity index (χ0v) is 13.0. The van der Waals surface area contributed by atoms with E-state index in [-0.39, 0.29) is 6.04 Å². The van der Waals surface area contributed by atoms with E-state index in [1.165, 1.54) is 16.7 Å². The molecule has 0 saturated heterocycles. The van der Waals surface area contributed by atoms with E-state index < -0.39 is 0 Å². The zero-order chi connectivity index (χ0) is 14.7. The SMILES string of the molecule is CNC(c1cccc(C)c1)c1cc(C)c(Cl)c(CN)c1. The lowest BCUT2D eigenvalue weighted by Crippen LogP contribution is -2.18. The number of benzene rings is 2. The maximum atomic E-state index is 6.28. The topological polar surface area (TPSA) is 38.0 Å². The van der Waals surface area contributed by atoms with E-state index in [2.05, 4.69) is 48.6 Å². The van der Waals surface area contributed by atoms with Crippen LogP contribution in [-0.2, 0) is 6.54 Å². The van der Waals surface area contributed by atoms with Gasteiger partial charge in [0.15, 0.2) is 0 Å². The Bertz CT molecular complexity index is 608. The molecule has 3 N–H and O–H groups in total. The lowest BCUT2D eigenvalue weighted by Gasteiger charge is -2.20.